The van der Waals surface area contributed by atoms with E-state index in [1.165, 1.54) is 19.3 Å². The molecule has 4 unspecified atom stereocenters. The van der Waals surface area contributed by atoms with E-state index < -0.39 is 5.60 Å². The van der Waals surface area contributed by atoms with E-state index >= 15 is 0 Å². The lowest BCUT2D eigenvalue weighted by atomic mass is 9.46. The Morgan fingerprint density at radius 1 is 1.52 bits per heavy atom. The Kier molecular flexibility index (Phi) is 5.68. The Bertz CT molecular complexity index is 616. The third kappa shape index (κ3) is 3.21. The van der Waals surface area contributed by atoms with Crippen molar-refractivity contribution in [1.82, 2.24) is 10.6 Å². The highest BCUT2D eigenvalue weighted by molar-refractivity contribution is 14.0. The van der Waals surface area contributed by atoms with Crippen LogP contribution in [-0.2, 0) is 10.3 Å². The molecule has 7 heteroatoms. The Morgan fingerprint density at radius 3 is 2.92 bits per heavy atom. The van der Waals surface area contributed by atoms with E-state index in [9.17, 15) is 5.11 Å². The number of nitrogens with zero attached hydrogens (tertiary/aromatic N) is 1. The van der Waals surface area contributed by atoms with Gasteiger partial charge in [0.1, 0.15) is 5.60 Å². The molecule has 1 aliphatic heterocycles. The number of thiophene rings is 1. The molecule has 3 aliphatic rings. The first-order chi connectivity index (χ1) is 11.6. The van der Waals surface area contributed by atoms with Crippen LogP contribution in [0.15, 0.2) is 22.5 Å². The number of hydrogen-bond acceptors (Lipinski definition) is 4. The van der Waals surface area contributed by atoms with E-state index in [-0.39, 0.29) is 24.0 Å². The predicted molar refractivity (Wildman–Crippen MR) is 112 cm³/mol. The van der Waals surface area contributed by atoms with Crippen molar-refractivity contribution in [1.29, 1.82) is 0 Å². The summed E-state index contributed by atoms with van der Waals surface area (Å²) < 4.78 is 5.98. The molecule has 4 rings (SSSR count). The molecular formula is C18H28IN3O2S. The second kappa shape index (κ2) is 7.32. The summed E-state index contributed by atoms with van der Waals surface area (Å²) in [7, 11) is 1.80. The number of ether oxygens (including phenoxy) is 1. The minimum absolute atomic E-state index is 0. The molecule has 0 radical (unpaired) electrons. The van der Waals surface area contributed by atoms with Gasteiger partial charge in [-0.25, -0.2) is 0 Å². The minimum Gasteiger partial charge on any atom is -0.383 e. The number of guanidine groups is 1. The van der Waals surface area contributed by atoms with Crippen LogP contribution in [0.2, 0.25) is 0 Å². The highest BCUT2D eigenvalue weighted by atomic mass is 127. The van der Waals surface area contributed by atoms with Crippen LogP contribution in [0.3, 0.4) is 0 Å². The second-order valence-electron chi connectivity index (χ2n) is 7.63. The molecule has 1 aromatic rings. The largest absolute Gasteiger partial charge is 0.383 e. The first-order valence-corrected chi connectivity index (χ1v) is 9.80. The number of rotatable bonds is 4. The van der Waals surface area contributed by atoms with Crippen molar-refractivity contribution < 1.29 is 9.84 Å². The third-order valence-corrected chi connectivity index (χ3v) is 7.33. The zero-order chi connectivity index (χ0) is 16.8. The van der Waals surface area contributed by atoms with Crippen molar-refractivity contribution in [3.63, 3.8) is 0 Å². The van der Waals surface area contributed by atoms with Crippen molar-refractivity contribution in [3.05, 3.63) is 22.4 Å². The molecule has 2 heterocycles. The molecule has 1 spiro atoms. The summed E-state index contributed by atoms with van der Waals surface area (Å²) in [5, 5.41) is 19.6. The maximum absolute atomic E-state index is 10.7. The van der Waals surface area contributed by atoms with Gasteiger partial charge >= 0.3 is 0 Å². The van der Waals surface area contributed by atoms with Crippen LogP contribution in [-0.4, -0.2) is 43.4 Å². The van der Waals surface area contributed by atoms with E-state index in [0.717, 1.165) is 23.9 Å². The Hall–Kier alpha value is -0.380. The van der Waals surface area contributed by atoms with Gasteiger partial charge in [-0.15, -0.1) is 35.3 Å². The van der Waals surface area contributed by atoms with Gasteiger partial charge in [-0.05, 0) is 37.6 Å². The molecule has 2 aliphatic carbocycles. The van der Waals surface area contributed by atoms with Crippen LogP contribution in [0.1, 0.15) is 37.5 Å². The predicted octanol–water partition coefficient (Wildman–Crippen LogP) is 2.70. The van der Waals surface area contributed by atoms with Gasteiger partial charge in [-0.3, -0.25) is 4.99 Å². The van der Waals surface area contributed by atoms with Crippen LogP contribution >= 0.6 is 35.3 Å². The lowest BCUT2D eigenvalue weighted by Crippen LogP contribution is -2.72. The first kappa shape index (κ1) is 19.4. The van der Waals surface area contributed by atoms with Crippen molar-refractivity contribution >= 4 is 41.3 Å². The lowest BCUT2D eigenvalue weighted by molar-refractivity contribution is -0.171. The number of aliphatic imine (C=N–C) groups is 1. The van der Waals surface area contributed by atoms with Gasteiger partial charge in [-0.2, -0.15) is 0 Å². The summed E-state index contributed by atoms with van der Waals surface area (Å²) in [6.07, 6.45) is 5.43. The van der Waals surface area contributed by atoms with Crippen molar-refractivity contribution in [2.45, 2.75) is 50.4 Å². The van der Waals surface area contributed by atoms with Crippen molar-refractivity contribution in [2.24, 2.45) is 16.3 Å². The molecule has 25 heavy (non-hydrogen) atoms. The second-order valence-corrected chi connectivity index (χ2v) is 8.58. The van der Waals surface area contributed by atoms with Gasteiger partial charge in [0.25, 0.3) is 0 Å². The first-order valence-electron chi connectivity index (χ1n) is 8.92. The molecule has 1 saturated heterocycles. The quantitative estimate of drug-likeness (QED) is 0.355. The fourth-order valence-electron chi connectivity index (χ4n) is 4.73. The number of aliphatic hydroxyl groups is 1. The van der Waals surface area contributed by atoms with Gasteiger partial charge in [0.2, 0.25) is 0 Å². The molecule has 0 bridgehead atoms. The third-order valence-electron chi connectivity index (χ3n) is 6.20. The topological polar surface area (TPSA) is 65.9 Å². The zero-order valence-corrected chi connectivity index (χ0v) is 18.0. The fourth-order valence-corrected chi connectivity index (χ4v) is 5.51. The molecular weight excluding hydrogens is 449 g/mol. The van der Waals surface area contributed by atoms with Gasteiger partial charge in [0.15, 0.2) is 5.96 Å². The molecule has 0 amide bonds. The van der Waals surface area contributed by atoms with E-state index in [4.69, 9.17) is 4.74 Å². The monoisotopic (exact) mass is 477 g/mol. The Morgan fingerprint density at radius 2 is 2.32 bits per heavy atom. The van der Waals surface area contributed by atoms with Crippen LogP contribution in [0.4, 0.5) is 0 Å². The van der Waals surface area contributed by atoms with Crippen LogP contribution in [0, 0.1) is 11.3 Å². The maximum Gasteiger partial charge on any atom is 0.191 e. The highest BCUT2D eigenvalue weighted by Gasteiger charge is 2.66. The van der Waals surface area contributed by atoms with E-state index in [1.807, 2.05) is 24.4 Å². The number of fused-ring (bicyclic) bond motifs is 2. The zero-order valence-electron chi connectivity index (χ0n) is 14.8. The SMILES string of the molecule is CN=C(NCC(C)(O)c1cccs1)NC1C2CCOC2C12CCC2.I. The molecule has 3 fully saturated rings. The summed E-state index contributed by atoms with van der Waals surface area (Å²) in [5.74, 6) is 1.40. The van der Waals surface area contributed by atoms with E-state index in [1.54, 1.807) is 18.4 Å². The molecule has 0 aromatic carbocycles. The molecule has 3 N–H and O–H groups in total. The number of hydrogen-bond donors (Lipinski definition) is 3. The summed E-state index contributed by atoms with van der Waals surface area (Å²) >= 11 is 1.58. The molecule has 4 atom stereocenters. The highest BCUT2D eigenvalue weighted by Crippen LogP contribution is 2.62. The lowest BCUT2D eigenvalue weighted by Gasteiger charge is -2.63. The maximum atomic E-state index is 10.7. The molecule has 5 nitrogen and oxygen atoms in total. The molecule has 2 saturated carbocycles. The van der Waals surface area contributed by atoms with Crippen molar-refractivity contribution in [3.8, 4) is 0 Å². The van der Waals surface area contributed by atoms with Gasteiger partial charge in [0.05, 0.1) is 12.6 Å². The Labute approximate surface area is 170 Å². The smallest absolute Gasteiger partial charge is 0.191 e. The van der Waals surface area contributed by atoms with Gasteiger partial charge < -0.3 is 20.5 Å². The van der Waals surface area contributed by atoms with Gasteiger partial charge in [-0.1, -0.05) is 12.5 Å². The molecule has 1 aromatic heterocycles. The number of nitrogens with one attached hydrogen (secondary N) is 2. The number of halogens is 1. The minimum atomic E-state index is -0.890. The van der Waals surface area contributed by atoms with Crippen molar-refractivity contribution in [2.75, 3.05) is 20.2 Å². The Balaban J connectivity index is 0.00000182. The average molecular weight is 477 g/mol. The fraction of sp³-hybridized carbons (Fsp3) is 0.722. The summed E-state index contributed by atoms with van der Waals surface area (Å²) in [6.45, 7) is 3.18. The summed E-state index contributed by atoms with van der Waals surface area (Å²) in [4.78, 5) is 5.34. The summed E-state index contributed by atoms with van der Waals surface area (Å²) in [5.41, 5.74) is -0.562. The standard InChI is InChI=1S/C18H27N3O2S.HI/c1-17(22,13-5-3-10-24-13)11-20-16(19-2)21-14-12-6-9-23-15(12)18(14)7-4-8-18;/h3,5,10,12,14-15,22H,4,6-9,11H2,1-2H3,(H2,19,20,21);1H. The van der Waals surface area contributed by atoms with Crippen LogP contribution in [0.25, 0.3) is 0 Å². The van der Waals surface area contributed by atoms with E-state index in [0.29, 0.717) is 30.0 Å². The van der Waals surface area contributed by atoms with Gasteiger partial charge in [0, 0.05) is 35.9 Å². The van der Waals surface area contributed by atoms with E-state index in [2.05, 4.69) is 15.6 Å². The normalized spacial score (nSPS) is 32.0. The van der Waals surface area contributed by atoms with Crippen LogP contribution < -0.4 is 10.6 Å². The summed E-state index contributed by atoms with van der Waals surface area (Å²) in [6, 6.07) is 4.39. The molecule has 140 valence electrons. The average Bonchev–Trinajstić information content (AvgIpc) is 3.16. The van der Waals surface area contributed by atoms with Crippen LogP contribution in [0.5, 0.6) is 0 Å².